The van der Waals surface area contributed by atoms with Gasteiger partial charge in [0, 0.05) is 27.2 Å². The van der Waals surface area contributed by atoms with Crippen LogP contribution in [0.5, 0.6) is 0 Å². The highest BCUT2D eigenvalue weighted by Crippen LogP contribution is 2.21. The third-order valence-corrected chi connectivity index (χ3v) is 3.34. The van der Waals surface area contributed by atoms with E-state index in [2.05, 4.69) is 5.32 Å². The number of carbonyl (C=O) groups excluding carboxylic acids is 1. The Labute approximate surface area is 112 Å². The maximum atomic E-state index is 13.6. The number of para-hydroxylation sites is 1. The quantitative estimate of drug-likeness (QED) is 0.907. The van der Waals surface area contributed by atoms with Crippen LogP contribution in [-0.4, -0.2) is 44.2 Å². The summed E-state index contributed by atoms with van der Waals surface area (Å²) in [6, 6.07) is 4.51. The molecule has 0 aromatic heterocycles. The Morgan fingerprint density at radius 2 is 2.37 bits per heavy atom. The van der Waals surface area contributed by atoms with Crippen molar-refractivity contribution >= 4 is 11.6 Å². The molecule has 19 heavy (non-hydrogen) atoms. The van der Waals surface area contributed by atoms with E-state index in [1.807, 2.05) is 0 Å². The van der Waals surface area contributed by atoms with Crippen LogP contribution in [0.15, 0.2) is 18.2 Å². The van der Waals surface area contributed by atoms with Crippen LogP contribution >= 0.6 is 0 Å². The van der Waals surface area contributed by atoms with Crippen LogP contribution in [0.2, 0.25) is 0 Å². The highest BCUT2D eigenvalue weighted by molar-refractivity contribution is 5.99. The Balaban J connectivity index is 2.12. The number of hydrogen-bond donors (Lipinski definition) is 1. The number of ether oxygens (including phenoxy) is 1. The van der Waals surface area contributed by atoms with Crippen LogP contribution in [0.3, 0.4) is 0 Å². The predicted molar refractivity (Wildman–Crippen MR) is 71.9 cm³/mol. The van der Waals surface area contributed by atoms with E-state index in [1.165, 1.54) is 6.07 Å². The van der Waals surface area contributed by atoms with E-state index in [0.29, 0.717) is 12.1 Å². The van der Waals surface area contributed by atoms with Gasteiger partial charge in [0.05, 0.1) is 17.4 Å². The zero-order valence-electron chi connectivity index (χ0n) is 11.3. The molecule has 0 bridgehead atoms. The minimum atomic E-state index is -0.418. The van der Waals surface area contributed by atoms with E-state index in [-0.39, 0.29) is 17.7 Å². The van der Waals surface area contributed by atoms with Gasteiger partial charge in [-0.2, -0.15) is 0 Å². The van der Waals surface area contributed by atoms with Gasteiger partial charge in [0.25, 0.3) is 5.91 Å². The van der Waals surface area contributed by atoms with E-state index in [1.54, 1.807) is 31.1 Å². The lowest BCUT2D eigenvalue weighted by atomic mass is 10.1. The van der Waals surface area contributed by atoms with Crippen molar-refractivity contribution in [3.05, 3.63) is 29.6 Å². The third kappa shape index (κ3) is 3.04. The summed E-state index contributed by atoms with van der Waals surface area (Å²) in [6.07, 6.45) is 2.11. The van der Waals surface area contributed by atoms with Crippen molar-refractivity contribution in [2.24, 2.45) is 0 Å². The number of amides is 1. The maximum absolute atomic E-state index is 13.6. The van der Waals surface area contributed by atoms with Gasteiger partial charge < -0.3 is 15.0 Å². The Morgan fingerprint density at radius 3 is 3.00 bits per heavy atom. The Bertz CT molecular complexity index is 459. The summed E-state index contributed by atoms with van der Waals surface area (Å²) < 4.78 is 19.1. The maximum Gasteiger partial charge on any atom is 0.255 e. The summed E-state index contributed by atoms with van der Waals surface area (Å²) in [5.41, 5.74) is 0.592. The van der Waals surface area contributed by atoms with Crippen LogP contribution in [0.25, 0.3) is 0 Å². The number of carbonyl (C=O) groups is 1. The van der Waals surface area contributed by atoms with Crippen molar-refractivity contribution in [1.29, 1.82) is 0 Å². The smallest absolute Gasteiger partial charge is 0.255 e. The highest BCUT2D eigenvalue weighted by Gasteiger charge is 2.23. The summed E-state index contributed by atoms with van der Waals surface area (Å²) in [5.74, 6) is -0.613. The second-order valence-corrected chi connectivity index (χ2v) is 4.73. The molecule has 0 spiro atoms. The minimum absolute atomic E-state index is 0.0977. The zero-order chi connectivity index (χ0) is 13.8. The predicted octanol–water partition coefficient (Wildman–Crippen LogP) is 2.12. The fourth-order valence-corrected chi connectivity index (χ4v) is 2.34. The molecule has 1 amide bonds. The van der Waals surface area contributed by atoms with Gasteiger partial charge in [0.2, 0.25) is 0 Å². The number of halogens is 1. The van der Waals surface area contributed by atoms with Crippen molar-refractivity contribution in [1.82, 2.24) is 4.90 Å². The number of hydrogen-bond acceptors (Lipinski definition) is 3. The molecule has 0 radical (unpaired) electrons. The monoisotopic (exact) mass is 266 g/mol. The molecule has 2 rings (SSSR count). The van der Waals surface area contributed by atoms with Gasteiger partial charge in [-0.25, -0.2) is 4.39 Å². The summed E-state index contributed by atoms with van der Waals surface area (Å²) in [6.45, 7) is 1.30. The number of rotatable bonds is 4. The number of benzene rings is 1. The fraction of sp³-hybridized carbons (Fsp3) is 0.500. The van der Waals surface area contributed by atoms with Crippen LogP contribution < -0.4 is 5.32 Å². The van der Waals surface area contributed by atoms with E-state index in [0.717, 1.165) is 19.4 Å². The van der Waals surface area contributed by atoms with Crippen LogP contribution in [-0.2, 0) is 4.74 Å². The molecule has 1 aliphatic rings. The van der Waals surface area contributed by atoms with Gasteiger partial charge in [-0.1, -0.05) is 6.07 Å². The first kappa shape index (κ1) is 13.8. The first-order valence-electron chi connectivity index (χ1n) is 6.47. The number of likely N-dealkylation sites (N-methyl/N-ethyl adjacent to an activating group) is 1. The van der Waals surface area contributed by atoms with E-state index in [4.69, 9.17) is 4.74 Å². The van der Waals surface area contributed by atoms with Crippen molar-refractivity contribution in [2.45, 2.75) is 18.9 Å². The number of nitrogens with one attached hydrogen (secondary N) is 1. The highest BCUT2D eigenvalue weighted by atomic mass is 19.1. The molecule has 1 fully saturated rings. The van der Waals surface area contributed by atoms with Gasteiger partial charge in [-0.05, 0) is 25.0 Å². The molecule has 1 aliphatic heterocycles. The summed E-state index contributed by atoms with van der Waals surface area (Å²) >= 11 is 0. The molecule has 1 unspecified atom stereocenters. The van der Waals surface area contributed by atoms with Crippen molar-refractivity contribution in [3.63, 3.8) is 0 Å². The van der Waals surface area contributed by atoms with Crippen molar-refractivity contribution in [2.75, 3.05) is 32.6 Å². The summed E-state index contributed by atoms with van der Waals surface area (Å²) in [4.78, 5) is 13.9. The second-order valence-electron chi connectivity index (χ2n) is 4.73. The van der Waals surface area contributed by atoms with Gasteiger partial charge in [0.15, 0.2) is 0 Å². The summed E-state index contributed by atoms with van der Waals surface area (Å²) in [7, 11) is 3.32. The third-order valence-electron chi connectivity index (χ3n) is 3.34. The molecule has 1 heterocycles. The van der Waals surface area contributed by atoms with Gasteiger partial charge in [-0.15, -0.1) is 0 Å². The molecule has 1 atom stereocenters. The van der Waals surface area contributed by atoms with Crippen LogP contribution in [0.4, 0.5) is 10.1 Å². The van der Waals surface area contributed by atoms with Crippen molar-refractivity contribution in [3.8, 4) is 0 Å². The lowest BCUT2D eigenvalue weighted by molar-refractivity contribution is 0.0587. The van der Waals surface area contributed by atoms with E-state index >= 15 is 0 Å². The van der Waals surface area contributed by atoms with Crippen LogP contribution in [0, 0.1) is 5.82 Å². The average molecular weight is 266 g/mol. The van der Waals surface area contributed by atoms with Gasteiger partial charge >= 0.3 is 0 Å². The molecule has 0 aliphatic carbocycles. The largest absolute Gasteiger partial charge is 0.385 e. The molecule has 4 nitrogen and oxygen atoms in total. The van der Waals surface area contributed by atoms with E-state index in [9.17, 15) is 9.18 Å². The average Bonchev–Trinajstić information content (AvgIpc) is 2.90. The molecule has 1 N–H and O–H groups in total. The van der Waals surface area contributed by atoms with Crippen LogP contribution in [0.1, 0.15) is 23.2 Å². The molecule has 1 saturated heterocycles. The molecular weight excluding hydrogens is 247 g/mol. The standard InChI is InChI=1S/C14H19FN2O2/c1-16-13-11(6-3-7-12(13)15)14(18)17(2)9-10-5-4-8-19-10/h3,6-7,10,16H,4-5,8-9H2,1-2H3. The second kappa shape index (κ2) is 6.02. The molecule has 1 aromatic rings. The molecular formula is C14H19FN2O2. The molecule has 1 aromatic carbocycles. The van der Waals surface area contributed by atoms with Crippen molar-refractivity contribution < 1.29 is 13.9 Å². The molecule has 5 heteroatoms. The first-order valence-corrected chi connectivity index (χ1v) is 6.47. The number of nitrogens with zero attached hydrogens (tertiary/aromatic N) is 1. The molecule has 104 valence electrons. The lowest BCUT2D eigenvalue weighted by Gasteiger charge is -2.22. The molecule has 0 saturated carbocycles. The van der Waals surface area contributed by atoms with Gasteiger partial charge in [0.1, 0.15) is 5.82 Å². The number of anilines is 1. The Kier molecular flexibility index (Phi) is 4.37. The first-order chi connectivity index (χ1) is 9.13. The topological polar surface area (TPSA) is 41.6 Å². The fourth-order valence-electron chi connectivity index (χ4n) is 2.34. The zero-order valence-corrected chi connectivity index (χ0v) is 11.3. The lowest BCUT2D eigenvalue weighted by Crippen LogP contribution is -2.34. The Hall–Kier alpha value is -1.62. The van der Waals surface area contributed by atoms with Gasteiger partial charge in [-0.3, -0.25) is 4.79 Å². The Morgan fingerprint density at radius 1 is 1.58 bits per heavy atom. The normalized spacial score (nSPS) is 18.4. The van der Waals surface area contributed by atoms with E-state index < -0.39 is 5.82 Å². The SMILES string of the molecule is CNc1c(F)cccc1C(=O)N(C)CC1CCCO1. The summed E-state index contributed by atoms with van der Waals surface area (Å²) in [5, 5.41) is 2.74. The minimum Gasteiger partial charge on any atom is -0.385 e.